The first-order valence-corrected chi connectivity index (χ1v) is 11.1. The molecular weight excluding hydrogens is 290 g/mol. The van der Waals surface area contributed by atoms with Gasteiger partial charge in [0, 0.05) is 25.2 Å². The van der Waals surface area contributed by atoms with Crippen LogP contribution in [-0.4, -0.2) is 41.6 Å². The van der Waals surface area contributed by atoms with Crippen LogP contribution >= 0.6 is 0 Å². The van der Waals surface area contributed by atoms with Crippen LogP contribution in [0.25, 0.3) is 0 Å². The van der Waals surface area contributed by atoms with Gasteiger partial charge in [0.1, 0.15) is 0 Å². The van der Waals surface area contributed by atoms with E-state index in [0.717, 1.165) is 25.0 Å². The van der Waals surface area contributed by atoms with Crippen LogP contribution in [0.15, 0.2) is 0 Å². The molecule has 22 heavy (non-hydrogen) atoms. The van der Waals surface area contributed by atoms with E-state index in [1.54, 1.807) is 0 Å². The van der Waals surface area contributed by atoms with Crippen molar-refractivity contribution in [3.05, 3.63) is 0 Å². The van der Waals surface area contributed by atoms with Crippen LogP contribution in [0.4, 0.5) is 0 Å². The molecule has 0 aromatic heterocycles. The summed E-state index contributed by atoms with van der Waals surface area (Å²) in [6.45, 7) is 6.56. The Bertz CT molecular complexity index is 282. The first kappa shape index (κ1) is 18.4. The van der Waals surface area contributed by atoms with E-state index in [9.17, 15) is 0 Å². The fourth-order valence-corrected chi connectivity index (χ4v) is 6.35. The van der Waals surface area contributed by atoms with Crippen molar-refractivity contribution in [2.24, 2.45) is 11.8 Å². The van der Waals surface area contributed by atoms with E-state index in [1.165, 1.54) is 51.4 Å². The molecule has 2 aliphatic carbocycles. The Labute approximate surface area is 139 Å². The second-order valence-electron chi connectivity index (χ2n) is 7.42. The monoisotopic (exact) mass is 327 g/mol. The molecule has 4 atom stereocenters. The molecule has 2 fully saturated rings. The van der Waals surface area contributed by atoms with Crippen molar-refractivity contribution in [3.63, 3.8) is 0 Å². The average Bonchev–Trinajstić information content (AvgIpc) is 2.52. The van der Waals surface area contributed by atoms with Crippen LogP contribution in [0.1, 0.15) is 65.2 Å². The van der Waals surface area contributed by atoms with E-state index in [1.807, 2.05) is 7.05 Å². The predicted octanol–water partition coefficient (Wildman–Crippen LogP) is 2.28. The van der Waals surface area contributed by atoms with E-state index in [0.29, 0.717) is 12.1 Å². The third-order valence-corrected chi connectivity index (χ3v) is 7.62. The van der Waals surface area contributed by atoms with Gasteiger partial charge in [0.2, 0.25) is 0 Å². The molecule has 0 heterocycles. The van der Waals surface area contributed by atoms with Gasteiger partial charge in [0.05, 0.1) is 0 Å². The zero-order valence-corrected chi connectivity index (χ0v) is 16.0. The summed E-state index contributed by atoms with van der Waals surface area (Å²) >= 11 is 0. The van der Waals surface area contributed by atoms with Gasteiger partial charge in [-0.05, 0) is 44.6 Å². The van der Waals surface area contributed by atoms with Crippen molar-refractivity contribution < 1.29 is 4.43 Å². The average molecular weight is 328 g/mol. The van der Waals surface area contributed by atoms with Crippen molar-refractivity contribution >= 4 is 9.36 Å². The Balaban J connectivity index is 1.86. The number of rotatable bonds is 8. The van der Waals surface area contributed by atoms with Crippen molar-refractivity contribution in [2.45, 2.75) is 77.3 Å². The molecule has 2 aliphatic rings. The number of likely N-dealkylation sites (N-methyl/N-ethyl adjacent to an activating group) is 1. The Morgan fingerprint density at radius 1 is 0.864 bits per heavy atom. The molecule has 0 aromatic rings. The fourth-order valence-electron chi connectivity index (χ4n) is 3.94. The lowest BCUT2D eigenvalue weighted by atomic mass is 9.87. The number of hydrogen-bond donors (Lipinski definition) is 3. The second kappa shape index (κ2) is 10.0. The minimum atomic E-state index is -1.53. The molecule has 2 rings (SSSR count). The molecule has 0 aliphatic heterocycles. The third kappa shape index (κ3) is 5.93. The van der Waals surface area contributed by atoms with Crippen LogP contribution in [0, 0.1) is 11.8 Å². The van der Waals surface area contributed by atoms with Gasteiger partial charge in [-0.1, -0.05) is 39.5 Å². The highest BCUT2D eigenvalue weighted by Crippen LogP contribution is 2.25. The molecule has 3 N–H and O–H groups in total. The number of nitrogens with one attached hydrogen (secondary N) is 3. The van der Waals surface area contributed by atoms with Crippen molar-refractivity contribution in [1.29, 1.82) is 0 Å². The Kier molecular flexibility index (Phi) is 8.39. The highest BCUT2D eigenvalue weighted by Gasteiger charge is 2.29. The van der Waals surface area contributed by atoms with Crippen LogP contribution in [0.2, 0.25) is 0 Å². The van der Waals surface area contributed by atoms with E-state index in [4.69, 9.17) is 4.43 Å². The predicted molar refractivity (Wildman–Crippen MR) is 96.1 cm³/mol. The third-order valence-electron chi connectivity index (χ3n) is 5.59. The summed E-state index contributed by atoms with van der Waals surface area (Å²) in [5.74, 6) is 1.59. The first-order chi connectivity index (χ1) is 10.7. The summed E-state index contributed by atoms with van der Waals surface area (Å²) in [5.41, 5.74) is 0. The topological polar surface area (TPSA) is 45.3 Å². The van der Waals surface area contributed by atoms with Gasteiger partial charge in [0.25, 0.3) is 0 Å². The number of hydrogen-bond acceptors (Lipinski definition) is 4. The molecule has 0 saturated heterocycles. The maximum atomic E-state index is 6.24. The lowest BCUT2D eigenvalue weighted by Gasteiger charge is -2.36. The summed E-state index contributed by atoms with van der Waals surface area (Å²) in [4.78, 5) is 7.82. The first-order valence-electron chi connectivity index (χ1n) is 9.49. The highest BCUT2D eigenvalue weighted by molar-refractivity contribution is 6.46. The minimum absolute atomic E-state index is 0.659. The van der Waals surface area contributed by atoms with E-state index >= 15 is 0 Å². The SMILES string of the molecule is CNCCO[SiH](NC1CCCCC1C)NC1CCCCC1C. The normalized spacial score (nSPS) is 34.5. The molecule has 0 aromatic carbocycles. The van der Waals surface area contributed by atoms with Gasteiger partial charge in [-0.25, -0.2) is 0 Å². The summed E-state index contributed by atoms with van der Waals surface area (Å²) in [6.07, 6.45) is 10.9. The maximum absolute atomic E-state index is 6.24. The largest absolute Gasteiger partial charge is 0.393 e. The minimum Gasteiger partial charge on any atom is -0.393 e. The van der Waals surface area contributed by atoms with Crippen molar-refractivity contribution in [3.8, 4) is 0 Å². The lowest BCUT2D eigenvalue weighted by molar-refractivity contribution is 0.243. The zero-order chi connectivity index (χ0) is 15.8. The Morgan fingerprint density at radius 3 is 1.82 bits per heavy atom. The summed E-state index contributed by atoms with van der Waals surface area (Å²) in [6, 6.07) is 1.32. The van der Waals surface area contributed by atoms with Gasteiger partial charge in [0.15, 0.2) is 0 Å². The highest BCUT2D eigenvalue weighted by atomic mass is 28.3. The van der Waals surface area contributed by atoms with Crippen molar-refractivity contribution in [1.82, 2.24) is 15.3 Å². The molecule has 0 amide bonds. The zero-order valence-electron chi connectivity index (χ0n) is 14.9. The van der Waals surface area contributed by atoms with Gasteiger partial charge >= 0.3 is 9.36 Å². The molecule has 0 radical (unpaired) electrons. The quantitative estimate of drug-likeness (QED) is 0.473. The fraction of sp³-hybridized carbons (Fsp3) is 1.00. The van der Waals surface area contributed by atoms with E-state index in [-0.39, 0.29) is 0 Å². The van der Waals surface area contributed by atoms with Crippen LogP contribution < -0.4 is 15.3 Å². The molecular formula is C17H37N3OSi. The lowest BCUT2D eigenvalue weighted by Crippen LogP contribution is -2.60. The van der Waals surface area contributed by atoms with Crippen LogP contribution in [0.3, 0.4) is 0 Å². The van der Waals surface area contributed by atoms with Crippen molar-refractivity contribution in [2.75, 3.05) is 20.2 Å². The molecule has 4 nitrogen and oxygen atoms in total. The van der Waals surface area contributed by atoms with E-state index in [2.05, 4.69) is 29.1 Å². The molecule has 5 heteroatoms. The maximum Gasteiger partial charge on any atom is 0.335 e. The Morgan fingerprint density at radius 2 is 1.36 bits per heavy atom. The summed E-state index contributed by atoms with van der Waals surface area (Å²) in [7, 11) is 0.465. The van der Waals surface area contributed by atoms with Gasteiger partial charge in [-0.15, -0.1) is 0 Å². The Hall–Kier alpha value is 0.0569. The van der Waals surface area contributed by atoms with Crippen LogP contribution in [-0.2, 0) is 4.43 Å². The molecule has 0 spiro atoms. The van der Waals surface area contributed by atoms with Gasteiger partial charge in [-0.2, -0.15) is 0 Å². The summed E-state index contributed by atoms with van der Waals surface area (Å²) < 4.78 is 6.24. The molecule has 4 unspecified atom stereocenters. The molecule has 0 bridgehead atoms. The molecule has 130 valence electrons. The standard InChI is InChI=1S/C17H37N3OSi/c1-14-8-4-6-10-16(14)19-22(21-13-12-18-3)20-17-11-7-5-9-15(17)2/h14-20,22H,4-13H2,1-3H3. The van der Waals surface area contributed by atoms with Crippen LogP contribution in [0.5, 0.6) is 0 Å². The summed E-state index contributed by atoms with van der Waals surface area (Å²) in [5, 5.41) is 3.19. The smallest absolute Gasteiger partial charge is 0.335 e. The van der Waals surface area contributed by atoms with Gasteiger partial charge < -0.3 is 19.7 Å². The molecule has 2 saturated carbocycles. The van der Waals surface area contributed by atoms with E-state index < -0.39 is 9.36 Å². The second-order valence-corrected chi connectivity index (χ2v) is 9.18. The van der Waals surface area contributed by atoms with Gasteiger partial charge in [-0.3, -0.25) is 0 Å².